The first-order valence-corrected chi connectivity index (χ1v) is 7.21. The fourth-order valence-electron chi connectivity index (χ4n) is 2.29. The molecule has 0 fully saturated rings. The first-order valence-electron chi connectivity index (χ1n) is 7.21. The van der Waals surface area contributed by atoms with Crippen molar-refractivity contribution in [3.05, 3.63) is 71.0 Å². The molecule has 0 aromatic heterocycles. The second-order valence-electron chi connectivity index (χ2n) is 5.20. The minimum absolute atomic E-state index is 0.144. The molecule has 0 atom stereocenters. The fourth-order valence-corrected chi connectivity index (χ4v) is 2.29. The van der Waals surface area contributed by atoms with Gasteiger partial charge in [0.25, 0.3) is 5.91 Å². The van der Waals surface area contributed by atoms with Gasteiger partial charge in [-0.15, -0.1) is 0 Å². The minimum Gasteiger partial charge on any atom is -0.334 e. The summed E-state index contributed by atoms with van der Waals surface area (Å²) in [5.41, 5.74) is 2.01. The van der Waals surface area contributed by atoms with Gasteiger partial charge >= 0.3 is 0 Å². The SMILES string of the molecule is CCCN(Cc1ccccc1)C(=O)c1ccc(C)cc1F. The van der Waals surface area contributed by atoms with E-state index in [1.54, 1.807) is 17.0 Å². The molecule has 110 valence electrons. The molecule has 0 radical (unpaired) electrons. The molecule has 0 aliphatic rings. The Morgan fingerprint density at radius 2 is 1.86 bits per heavy atom. The fraction of sp³-hybridized carbons (Fsp3) is 0.278. The highest BCUT2D eigenvalue weighted by atomic mass is 19.1. The maximum atomic E-state index is 14.0. The monoisotopic (exact) mass is 285 g/mol. The zero-order valence-corrected chi connectivity index (χ0v) is 12.5. The van der Waals surface area contributed by atoms with Crippen LogP contribution in [0, 0.1) is 12.7 Å². The number of hydrogen-bond donors (Lipinski definition) is 0. The van der Waals surface area contributed by atoms with Crippen LogP contribution in [0.3, 0.4) is 0 Å². The van der Waals surface area contributed by atoms with Crippen molar-refractivity contribution in [1.82, 2.24) is 4.90 Å². The molecular weight excluding hydrogens is 265 g/mol. The standard InChI is InChI=1S/C18H20FNO/c1-3-11-20(13-15-7-5-4-6-8-15)18(21)16-10-9-14(2)12-17(16)19/h4-10,12H,3,11,13H2,1-2H3. The normalized spacial score (nSPS) is 10.4. The molecule has 1 amide bonds. The molecule has 0 spiro atoms. The molecule has 0 aliphatic heterocycles. The second-order valence-corrected chi connectivity index (χ2v) is 5.20. The van der Waals surface area contributed by atoms with Gasteiger partial charge in [-0.25, -0.2) is 4.39 Å². The maximum absolute atomic E-state index is 14.0. The van der Waals surface area contributed by atoms with Crippen molar-refractivity contribution in [3.8, 4) is 0 Å². The molecule has 0 unspecified atom stereocenters. The lowest BCUT2D eigenvalue weighted by molar-refractivity contribution is 0.0738. The summed E-state index contributed by atoms with van der Waals surface area (Å²) < 4.78 is 14.0. The average Bonchev–Trinajstić information content (AvgIpc) is 2.47. The largest absolute Gasteiger partial charge is 0.334 e. The average molecular weight is 285 g/mol. The number of nitrogens with zero attached hydrogens (tertiary/aromatic N) is 1. The van der Waals surface area contributed by atoms with Crippen molar-refractivity contribution in [2.75, 3.05) is 6.54 Å². The lowest BCUT2D eigenvalue weighted by Gasteiger charge is -2.22. The van der Waals surface area contributed by atoms with Gasteiger partial charge in [0.05, 0.1) is 5.56 Å². The quantitative estimate of drug-likeness (QED) is 0.806. The molecule has 2 aromatic rings. The zero-order valence-electron chi connectivity index (χ0n) is 12.5. The highest BCUT2D eigenvalue weighted by molar-refractivity contribution is 5.94. The predicted molar refractivity (Wildman–Crippen MR) is 82.6 cm³/mol. The van der Waals surface area contributed by atoms with Crippen LogP contribution in [0.5, 0.6) is 0 Å². The number of aryl methyl sites for hydroxylation is 1. The van der Waals surface area contributed by atoms with Crippen molar-refractivity contribution < 1.29 is 9.18 Å². The molecule has 2 aromatic carbocycles. The van der Waals surface area contributed by atoms with Crippen molar-refractivity contribution in [3.63, 3.8) is 0 Å². The lowest BCUT2D eigenvalue weighted by Crippen LogP contribution is -2.32. The van der Waals surface area contributed by atoms with E-state index in [0.29, 0.717) is 13.1 Å². The van der Waals surface area contributed by atoms with Crippen LogP contribution >= 0.6 is 0 Å². The molecule has 2 nitrogen and oxygen atoms in total. The Morgan fingerprint density at radius 3 is 2.48 bits per heavy atom. The first-order chi connectivity index (χ1) is 10.1. The first kappa shape index (κ1) is 15.2. The number of rotatable bonds is 5. The van der Waals surface area contributed by atoms with Crippen LogP contribution in [-0.4, -0.2) is 17.4 Å². The Morgan fingerprint density at radius 1 is 1.14 bits per heavy atom. The van der Waals surface area contributed by atoms with Gasteiger partial charge in [-0.3, -0.25) is 4.79 Å². The Hall–Kier alpha value is -2.16. The summed E-state index contributed by atoms with van der Waals surface area (Å²) in [5, 5.41) is 0. The number of halogens is 1. The number of benzene rings is 2. The van der Waals surface area contributed by atoms with Crippen LogP contribution in [0.4, 0.5) is 4.39 Å². The third-order valence-electron chi connectivity index (χ3n) is 3.35. The smallest absolute Gasteiger partial charge is 0.257 e. The van der Waals surface area contributed by atoms with E-state index in [0.717, 1.165) is 17.5 Å². The van der Waals surface area contributed by atoms with E-state index in [2.05, 4.69) is 0 Å². The van der Waals surface area contributed by atoms with E-state index in [-0.39, 0.29) is 11.5 Å². The maximum Gasteiger partial charge on any atom is 0.257 e. The molecule has 0 aliphatic carbocycles. The van der Waals surface area contributed by atoms with E-state index < -0.39 is 5.82 Å². The highest BCUT2D eigenvalue weighted by Gasteiger charge is 2.18. The third kappa shape index (κ3) is 3.91. The van der Waals surface area contributed by atoms with Gasteiger partial charge in [-0.05, 0) is 36.6 Å². The van der Waals surface area contributed by atoms with Gasteiger partial charge in [-0.1, -0.05) is 43.3 Å². The second kappa shape index (κ2) is 7.02. The van der Waals surface area contributed by atoms with Crippen LogP contribution < -0.4 is 0 Å². The van der Waals surface area contributed by atoms with Crippen molar-refractivity contribution in [1.29, 1.82) is 0 Å². The van der Waals surface area contributed by atoms with Crippen LogP contribution in [0.2, 0.25) is 0 Å². The molecule has 0 heterocycles. The molecule has 21 heavy (non-hydrogen) atoms. The molecule has 0 saturated carbocycles. The van der Waals surface area contributed by atoms with E-state index >= 15 is 0 Å². The van der Waals surface area contributed by atoms with Crippen molar-refractivity contribution >= 4 is 5.91 Å². The Balaban J connectivity index is 2.23. The summed E-state index contributed by atoms with van der Waals surface area (Å²) in [5.74, 6) is -0.702. The van der Waals surface area contributed by atoms with Gasteiger partial charge in [0, 0.05) is 13.1 Å². The Bertz CT molecular complexity index is 610. The number of carbonyl (C=O) groups excluding carboxylic acids is 1. The van der Waals surface area contributed by atoms with Crippen LogP contribution in [0.25, 0.3) is 0 Å². The molecule has 0 saturated heterocycles. The van der Waals surface area contributed by atoms with E-state index in [1.807, 2.05) is 44.2 Å². The number of hydrogen-bond acceptors (Lipinski definition) is 1. The van der Waals surface area contributed by atoms with Crippen molar-refractivity contribution in [2.45, 2.75) is 26.8 Å². The summed E-state index contributed by atoms with van der Waals surface area (Å²) >= 11 is 0. The Kier molecular flexibility index (Phi) is 5.09. The van der Waals surface area contributed by atoms with Crippen molar-refractivity contribution in [2.24, 2.45) is 0 Å². The summed E-state index contributed by atoms with van der Waals surface area (Å²) in [6.45, 7) is 4.93. The van der Waals surface area contributed by atoms with Crippen LogP contribution in [0.1, 0.15) is 34.8 Å². The van der Waals surface area contributed by atoms with Gasteiger partial charge in [-0.2, -0.15) is 0 Å². The number of amides is 1. The van der Waals surface area contributed by atoms with E-state index in [1.165, 1.54) is 6.07 Å². The summed E-state index contributed by atoms with van der Waals surface area (Å²) in [4.78, 5) is 14.3. The van der Waals surface area contributed by atoms with Crippen LogP contribution in [-0.2, 0) is 6.54 Å². The molecule has 0 N–H and O–H groups in total. The van der Waals surface area contributed by atoms with E-state index in [9.17, 15) is 9.18 Å². The van der Waals surface area contributed by atoms with E-state index in [4.69, 9.17) is 0 Å². The highest BCUT2D eigenvalue weighted by Crippen LogP contribution is 2.15. The topological polar surface area (TPSA) is 20.3 Å². The minimum atomic E-state index is -0.450. The lowest BCUT2D eigenvalue weighted by atomic mass is 10.1. The van der Waals surface area contributed by atoms with Gasteiger partial charge < -0.3 is 4.90 Å². The number of carbonyl (C=O) groups is 1. The summed E-state index contributed by atoms with van der Waals surface area (Å²) in [6, 6.07) is 14.5. The van der Waals surface area contributed by atoms with Gasteiger partial charge in [0.1, 0.15) is 5.82 Å². The van der Waals surface area contributed by atoms with Gasteiger partial charge in [0.15, 0.2) is 0 Å². The molecule has 3 heteroatoms. The summed E-state index contributed by atoms with van der Waals surface area (Å²) in [6.07, 6.45) is 0.839. The van der Waals surface area contributed by atoms with Crippen LogP contribution in [0.15, 0.2) is 48.5 Å². The zero-order chi connectivity index (χ0) is 15.2. The Labute approximate surface area is 125 Å². The van der Waals surface area contributed by atoms with Gasteiger partial charge in [0.2, 0.25) is 0 Å². The summed E-state index contributed by atoms with van der Waals surface area (Å²) in [7, 11) is 0. The predicted octanol–water partition coefficient (Wildman–Crippen LogP) is 4.19. The molecular formula is C18H20FNO. The molecule has 0 bridgehead atoms. The molecule has 2 rings (SSSR count). The third-order valence-corrected chi connectivity index (χ3v) is 3.35.